The summed E-state index contributed by atoms with van der Waals surface area (Å²) in [4.78, 5) is 14.3. The minimum atomic E-state index is 0.0824. The lowest BCUT2D eigenvalue weighted by Crippen LogP contribution is -2.39. The topological polar surface area (TPSA) is 59.4 Å². The maximum absolute atomic E-state index is 12.1. The molecule has 6 nitrogen and oxygen atoms in total. The summed E-state index contributed by atoms with van der Waals surface area (Å²) >= 11 is 0. The van der Waals surface area contributed by atoms with Crippen LogP contribution >= 0.6 is 0 Å². The van der Waals surface area contributed by atoms with E-state index in [-0.39, 0.29) is 12.0 Å². The molecule has 0 bridgehead atoms. The second kappa shape index (κ2) is 10.5. The number of aryl methyl sites for hydroxylation is 2. The zero-order chi connectivity index (χ0) is 21.5. The van der Waals surface area contributed by atoms with Gasteiger partial charge in [-0.2, -0.15) is 5.10 Å². The van der Waals surface area contributed by atoms with Gasteiger partial charge in [0.15, 0.2) is 0 Å². The number of hydrogen-bond donors (Lipinski definition) is 1. The van der Waals surface area contributed by atoms with Gasteiger partial charge in [0.1, 0.15) is 0 Å². The van der Waals surface area contributed by atoms with Gasteiger partial charge in [-0.3, -0.25) is 9.69 Å². The molecule has 1 aromatic heterocycles. The van der Waals surface area contributed by atoms with Crippen molar-refractivity contribution >= 4 is 11.5 Å². The lowest BCUT2D eigenvalue weighted by molar-refractivity contribution is -0.122. The fourth-order valence-electron chi connectivity index (χ4n) is 3.49. The van der Waals surface area contributed by atoms with Crippen LogP contribution in [-0.2, 0) is 9.53 Å². The molecule has 0 fully saturated rings. The van der Waals surface area contributed by atoms with Crippen LogP contribution in [0.15, 0.2) is 36.7 Å². The molecule has 3 rings (SSSR count). The van der Waals surface area contributed by atoms with Crippen molar-refractivity contribution in [3.8, 4) is 5.69 Å². The maximum atomic E-state index is 12.1. The summed E-state index contributed by atoms with van der Waals surface area (Å²) in [7, 11) is 0. The molecular weight excluding hydrogens is 376 g/mol. The zero-order valence-electron chi connectivity index (χ0n) is 18.6. The Hall–Kier alpha value is -2.44. The van der Waals surface area contributed by atoms with Gasteiger partial charge >= 0.3 is 0 Å². The van der Waals surface area contributed by atoms with E-state index in [0.29, 0.717) is 19.7 Å². The van der Waals surface area contributed by atoms with Crippen LogP contribution in [0.5, 0.6) is 0 Å². The predicted octanol–water partition coefficient (Wildman–Crippen LogP) is 3.51. The summed E-state index contributed by atoms with van der Waals surface area (Å²) in [6.45, 7) is 11.7. The molecule has 30 heavy (non-hydrogen) atoms. The molecule has 0 unspecified atom stereocenters. The van der Waals surface area contributed by atoms with Gasteiger partial charge in [-0.25, -0.2) is 4.68 Å². The Morgan fingerprint density at radius 3 is 2.80 bits per heavy atom. The van der Waals surface area contributed by atoms with Crippen molar-refractivity contribution in [1.29, 1.82) is 0 Å². The van der Waals surface area contributed by atoms with E-state index in [1.54, 1.807) is 0 Å². The van der Waals surface area contributed by atoms with Crippen LogP contribution in [0.3, 0.4) is 0 Å². The smallest absolute Gasteiger partial charge is 0.234 e. The number of carbonyl (C=O) groups excluding carboxylic acids is 1. The summed E-state index contributed by atoms with van der Waals surface area (Å²) in [6, 6.07) is 6.40. The lowest BCUT2D eigenvalue weighted by Gasteiger charge is -2.25. The van der Waals surface area contributed by atoms with Crippen LogP contribution in [0, 0.1) is 13.8 Å². The van der Waals surface area contributed by atoms with Gasteiger partial charge in [-0.05, 0) is 69.4 Å². The highest BCUT2D eigenvalue weighted by Crippen LogP contribution is 2.23. The summed E-state index contributed by atoms with van der Waals surface area (Å²) in [5.41, 5.74) is 6.09. The van der Waals surface area contributed by atoms with Gasteiger partial charge in [0, 0.05) is 38.0 Å². The molecule has 1 aliphatic rings. The first-order valence-corrected chi connectivity index (χ1v) is 10.8. The van der Waals surface area contributed by atoms with Gasteiger partial charge in [0.05, 0.1) is 24.5 Å². The fourth-order valence-corrected chi connectivity index (χ4v) is 3.49. The van der Waals surface area contributed by atoms with Crippen LogP contribution in [-0.4, -0.2) is 59.5 Å². The van der Waals surface area contributed by atoms with Crippen molar-refractivity contribution in [3.63, 3.8) is 0 Å². The van der Waals surface area contributed by atoms with E-state index < -0.39 is 0 Å². The standard InChI is InChI=1S/C24H34N4O2/c1-18(2)30-13-5-10-25-24(29)17-27-11-8-21(9-12-27)22-15-26-28(16-22)23-7-6-19(3)20(4)14-23/h6-8,14-16,18H,5,9-13,17H2,1-4H3,(H,25,29). The molecule has 2 aromatic rings. The fraction of sp³-hybridized carbons (Fsp3) is 0.500. The first-order valence-electron chi connectivity index (χ1n) is 10.8. The van der Waals surface area contributed by atoms with E-state index in [1.165, 1.54) is 16.7 Å². The molecule has 1 aromatic carbocycles. The molecule has 162 valence electrons. The third-order valence-corrected chi connectivity index (χ3v) is 5.46. The van der Waals surface area contributed by atoms with Crippen molar-refractivity contribution in [2.24, 2.45) is 0 Å². The van der Waals surface area contributed by atoms with E-state index in [4.69, 9.17) is 4.74 Å². The van der Waals surface area contributed by atoms with E-state index in [0.717, 1.165) is 37.2 Å². The van der Waals surface area contributed by atoms with Crippen LogP contribution < -0.4 is 5.32 Å². The third-order valence-electron chi connectivity index (χ3n) is 5.46. The second-order valence-electron chi connectivity index (χ2n) is 8.28. The van der Waals surface area contributed by atoms with Crippen LogP contribution in [0.2, 0.25) is 0 Å². The second-order valence-corrected chi connectivity index (χ2v) is 8.28. The summed E-state index contributed by atoms with van der Waals surface area (Å²) < 4.78 is 7.43. The van der Waals surface area contributed by atoms with Crippen molar-refractivity contribution in [1.82, 2.24) is 20.0 Å². The van der Waals surface area contributed by atoms with Crippen LogP contribution in [0.25, 0.3) is 11.3 Å². The average molecular weight is 411 g/mol. The molecule has 1 aliphatic heterocycles. The zero-order valence-corrected chi connectivity index (χ0v) is 18.6. The summed E-state index contributed by atoms with van der Waals surface area (Å²) in [5, 5.41) is 7.53. The Morgan fingerprint density at radius 2 is 2.10 bits per heavy atom. The number of ether oxygens (including phenoxy) is 1. The molecule has 0 aliphatic carbocycles. The van der Waals surface area contributed by atoms with Crippen LogP contribution in [0.4, 0.5) is 0 Å². The molecule has 0 spiro atoms. The monoisotopic (exact) mass is 410 g/mol. The molecule has 0 saturated heterocycles. The Labute approximate surface area is 179 Å². The normalized spacial score (nSPS) is 14.8. The van der Waals surface area contributed by atoms with Gasteiger partial charge in [0.25, 0.3) is 0 Å². The molecular formula is C24H34N4O2. The highest BCUT2D eigenvalue weighted by atomic mass is 16.5. The van der Waals surface area contributed by atoms with E-state index in [1.807, 2.05) is 24.7 Å². The van der Waals surface area contributed by atoms with Gasteiger partial charge in [-0.15, -0.1) is 0 Å². The predicted molar refractivity (Wildman–Crippen MR) is 121 cm³/mol. The Bertz CT molecular complexity index is 885. The molecule has 6 heteroatoms. The number of hydrogen-bond acceptors (Lipinski definition) is 4. The molecule has 1 amide bonds. The van der Waals surface area contributed by atoms with Crippen molar-refractivity contribution in [3.05, 3.63) is 53.4 Å². The minimum Gasteiger partial charge on any atom is -0.379 e. The summed E-state index contributed by atoms with van der Waals surface area (Å²) in [5.74, 6) is 0.0824. The van der Waals surface area contributed by atoms with Crippen LogP contribution in [0.1, 0.15) is 43.4 Å². The summed E-state index contributed by atoms with van der Waals surface area (Å²) in [6.07, 6.45) is 8.25. The highest BCUT2D eigenvalue weighted by molar-refractivity contribution is 5.78. The number of rotatable bonds is 9. The molecule has 0 radical (unpaired) electrons. The van der Waals surface area contributed by atoms with Crippen molar-refractivity contribution in [2.45, 2.75) is 46.6 Å². The van der Waals surface area contributed by atoms with Crippen molar-refractivity contribution < 1.29 is 9.53 Å². The van der Waals surface area contributed by atoms with Crippen molar-refractivity contribution in [2.75, 3.05) is 32.8 Å². The first-order chi connectivity index (χ1) is 14.4. The van der Waals surface area contributed by atoms with Gasteiger partial charge in [0.2, 0.25) is 5.91 Å². The quantitative estimate of drug-likeness (QED) is 0.643. The number of benzene rings is 1. The Balaban J connectivity index is 1.47. The first kappa shape index (κ1) is 22.2. The number of aromatic nitrogens is 2. The molecule has 0 saturated carbocycles. The third kappa shape index (κ3) is 6.28. The van der Waals surface area contributed by atoms with E-state index >= 15 is 0 Å². The van der Waals surface area contributed by atoms with E-state index in [2.05, 4.69) is 59.6 Å². The van der Waals surface area contributed by atoms with Gasteiger partial charge in [-0.1, -0.05) is 12.1 Å². The van der Waals surface area contributed by atoms with E-state index in [9.17, 15) is 4.79 Å². The lowest BCUT2D eigenvalue weighted by atomic mass is 10.0. The minimum absolute atomic E-state index is 0.0824. The van der Waals surface area contributed by atoms with Gasteiger partial charge < -0.3 is 10.1 Å². The maximum Gasteiger partial charge on any atom is 0.234 e. The largest absolute Gasteiger partial charge is 0.379 e. The molecule has 1 N–H and O–H groups in total. The number of carbonyl (C=O) groups is 1. The number of nitrogens with zero attached hydrogens (tertiary/aromatic N) is 3. The number of amides is 1. The molecule has 0 atom stereocenters. The average Bonchev–Trinajstić information content (AvgIpc) is 3.20. The molecule has 2 heterocycles. The number of nitrogens with one attached hydrogen (secondary N) is 1. The highest BCUT2D eigenvalue weighted by Gasteiger charge is 2.16. The SMILES string of the molecule is Cc1ccc(-n2cc(C3=CCN(CC(=O)NCCCOC(C)C)CC3)cn2)cc1C. The Morgan fingerprint density at radius 1 is 1.27 bits per heavy atom. The Kier molecular flexibility index (Phi) is 7.82.